The normalized spacial score (nSPS) is 10.8. The second-order valence-corrected chi connectivity index (χ2v) is 6.31. The molecule has 0 spiro atoms. The van der Waals surface area contributed by atoms with Crippen LogP contribution in [0.2, 0.25) is 5.02 Å². The van der Waals surface area contributed by atoms with E-state index in [4.69, 9.17) is 11.6 Å². The van der Waals surface area contributed by atoms with Crippen molar-refractivity contribution >= 4 is 33.9 Å². The molecule has 3 aromatic carbocycles. The molecule has 0 aliphatic carbocycles. The van der Waals surface area contributed by atoms with Crippen molar-refractivity contribution in [2.45, 2.75) is 0 Å². The van der Waals surface area contributed by atoms with Gasteiger partial charge in [-0.15, -0.1) is 0 Å². The smallest absolute Gasteiger partial charge is 0.248 e. The molecule has 0 aliphatic heterocycles. The van der Waals surface area contributed by atoms with Crippen molar-refractivity contribution in [2.24, 2.45) is 0 Å². The van der Waals surface area contributed by atoms with Crippen LogP contribution in [0.1, 0.15) is 0 Å². The number of H-pyrrole nitrogens is 1. The number of halogens is 1. The number of aromatic amines is 1. The van der Waals surface area contributed by atoms with Crippen LogP contribution in [-0.2, 0) is 0 Å². The van der Waals surface area contributed by atoms with Gasteiger partial charge in [0.05, 0.1) is 5.02 Å². The molecule has 3 N–H and O–H groups in total. The first-order valence-corrected chi connectivity index (χ1v) is 8.46. The minimum absolute atomic E-state index is 0.0665. The number of pyridine rings is 1. The number of aromatic nitrogens is 1. The first-order valence-electron chi connectivity index (χ1n) is 8.09. The Kier molecular flexibility index (Phi) is 4.11. The number of benzene rings is 3. The van der Waals surface area contributed by atoms with Gasteiger partial charge < -0.3 is 15.4 Å². The van der Waals surface area contributed by atoms with Gasteiger partial charge in [-0.1, -0.05) is 41.9 Å². The molecule has 0 fully saturated rings. The summed E-state index contributed by atoms with van der Waals surface area (Å²) in [6.45, 7) is 0. The van der Waals surface area contributed by atoms with E-state index in [-0.39, 0.29) is 11.3 Å². The summed E-state index contributed by atoms with van der Waals surface area (Å²) < 4.78 is 0. The van der Waals surface area contributed by atoms with Gasteiger partial charge >= 0.3 is 0 Å². The number of anilines is 2. The van der Waals surface area contributed by atoms with Crippen molar-refractivity contribution in [3.63, 3.8) is 0 Å². The Morgan fingerprint density at radius 2 is 1.69 bits per heavy atom. The molecule has 0 unspecified atom stereocenters. The Balaban J connectivity index is 1.82. The quantitative estimate of drug-likeness (QED) is 0.433. The molecule has 4 rings (SSSR count). The Hall–Kier alpha value is -3.24. The summed E-state index contributed by atoms with van der Waals surface area (Å²) in [6.07, 6.45) is 0. The Morgan fingerprint density at radius 3 is 2.50 bits per heavy atom. The fourth-order valence-electron chi connectivity index (χ4n) is 2.89. The maximum Gasteiger partial charge on any atom is 0.248 e. The molecule has 26 heavy (non-hydrogen) atoms. The van der Waals surface area contributed by atoms with Crippen molar-refractivity contribution in [1.82, 2.24) is 4.98 Å². The van der Waals surface area contributed by atoms with Gasteiger partial charge in [0.2, 0.25) is 5.56 Å². The Morgan fingerprint density at radius 1 is 0.923 bits per heavy atom. The number of rotatable bonds is 3. The van der Waals surface area contributed by atoms with Gasteiger partial charge in [0.25, 0.3) is 0 Å². The summed E-state index contributed by atoms with van der Waals surface area (Å²) in [6, 6.07) is 21.9. The van der Waals surface area contributed by atoms with Gasteiger partial charge in [-0.3, -0.25) is 4.79 Å². The van der Waals surface area contributed by atoms with Crippen molar-refractivity contribution < 1.29 is 5.11 Å². The topological polar surface area (TPSA) is 65.1 Å². The number of phenols is 1. The lowest BCUT2D eigenvalue weighted by atomic mass is 10.0. The summed E-state index contributed by atoms with van der Waals surface area (Å²) >= 11 is 6.59. The summed E-state index contributed by atoms with van der Waals surface area (Å²) in [5.41, 5.74) is 3.45. The molecule has 4 nitrogen and oxygen atoms in total. The molecule has 5 heteroatoms. The highest BCUT2D eigenvalue weighted by Crippen LogP contribution is 2.41. The molecule has 4 aromatic rings. The van der Waals surface area contributed by atoms with Crippen molar-refractivity contribution in [2.75, 3.05) is 5.32 Å². The van der Waals surface area contributed by atoms with E-state index < -0.39 is 0 Å². The summed E-state index contributed by atoms with van der Waals surface area (Å²) in [7, 11) is 0. The number of nitrogens with one attached hydrogen (secondary N) is 2. The van der Waals surface area contributed by atoms with Crippen LogP contribution < -0.4 is 10.9 Å². The van der Waals surface area contributed by atoms with Gasteiger partial charge in [0, 0.05) is 22.8 Å². The molecule has 0 saturated heterocycles. The van der Waals surface area contributed by atoms with Crippen molar-refractivity contribution in [1.29, 1.82) is 0 Å². The van der Waals surface area contributed by atoms with E-state index >= 15 is 0 Å². The monoisotopic (exact) mass is 362 g/mol. The van der Waals surface area contributed by atoms with Gasteiger partial charge in [0.1, 0.15) is 11.4 Å². The third-order valence-corrected chi connectivity index (χ3v) is 4.59. The number of para-hydroxylation sites is 1. The maximum absolute atomic E-state index is 11.6. The summed E-state index contributed by atoms with van der Waals surface area (Å²) in [5.74, 6) is 0.0665. The largest absolute Gasteiger partial charge is 0.506 e. The lowest BCUT2D eigenvalue weighted by molar-refractivity contribution is 0.478. The number of hydrogen-bond donors (Lipinski definition) is 3. The molecular weight excluding hydrogens is 348 g/mol. The number of aromatic hydroxyl groups is 1. The van der Waals surface area contributed by atoms with Gasteiger partial charge in [-0.25, -0.2) is 0 Å². The van der Waals surface area contributed by atoms with Crippen LogP contribution in [0.15, 0.2) is 77.6 Å². The van der Waals surface area contributed by atoms with Crippen LogP contribution in [0, 0.1) is 0 Å². The summed E-state index contributed by atoms with van der Waals surface area (Å²) in [4.78, 5) is 14.4. The van der Waals surface area contributed by atoms with Gasteiger partial charge in [-0.05, 0) is 47.3 Å². The van der Waals surface area contributed by atoms with Crippen LogP contribution in [0.5, 0.6) is 5.75 Å². The molecule has 1 aromatic heterocycles. The highest BCUT2D eigenvalue weighted by Gasteiger charge is 2.13. The summed E-state index contributed by atoms with van der Waals surface area (Å²) in [5, 5.41) is 14.7. The van der Waals surface area contributed by atoms with Crippen LogP contribution in [0.3, 0.4) is 0 Å². The van der Waals surface area contributed by atoms with E-state index in [9.17, 15) is 9.90 Å². The molecule has 0 bridgehead atoms. The predicted molar refractivity (Wildman–Crippen MR) is 106 cm³/mol. The lowest BCUT2D eigenvalue weighted by Crippen LogP contribution is -2.02. The number of phenolic OH excluding ortho intramolecular Hbond substituents is 1. The van der Waals surface area contributed by atoms with Crippen LogP contribution in [-0.4, -0.2) is 10.1 Å². The first kappa shape index (κ1) is 16.2. The highest BCUT2D eigenvalue weighted by molar-refractivity contribution is 6.36. The molecular formula is C21H15ClN2O2. The zero-order valence-electron chi connectivity index (χ0n) is 13.7. The fraction of sp³-hybridized carbons (Fsp3) is 0. The highest BCUT2D eigenvalue weighted by atomic mass is 35.5. The van der Waals surface area contributed by atoms with Crippen LogP contribution in [0.25, 0.3) is 22.0 Å². The molecule has 0 radical (unpaired) electrons. The van der Waals surface area contributed by atoms with E-state index in [1.807, 2.05) is 48.5 Å². The molecule has 0 aliphatic rings. The van der Waals surface area contributed by atoms with E-state index in [1.165, 1.54) is 6.07 Å². The number of fused-ring (bicyclic) bond motifs is 1. The third-order valence-electron chi connectivity index (χ3n) is 4.20. The van der Waals surface area contributed by atoms with Gasteiger partial charge in [-0.2, -0.15) is 0 Å². The fourth-order valence-corrected chi connectivity index (χ4v) is 3.21. The third kappa shape index (κ3) is 3.03. The van der Waals surface area contributed by atoms with E-state index in [0.717, 1.165) is 27.7 Å². The van der Waals surface area contributed by atoms with Crippen LogP contribution >= 0.6 is 11.6 Å². The molecule has 0 amide bonds. The van der Waals surface area contributed by atoms with E-state index in [2.05, 4.69) is 10.3 Å². The zero-order valence-corrected chi connectivity index (χ0v) is 14.4. The first-order chi connectivity index (χ1) is 12.6. The average molecular weight is 363 g/mol. The van der Waals surface area contributed by atoms with Crippen molar-refractivity contribution in [3.05, 3.63) is 88.2 Å². The van der Waals surface area contributed by atoms with Crippen molar-refractivity contribution in [3.8, 4) is 16.9 Å². The predicted octanol–water partition coefficient (Wildman–Crippen LogP) is 5.30. The number of hydrogen-bond acceptors (Lipinski definition) is 3. The Labute approximate surface area is 154 Å². The van der Waals surface area contributed by atoms with E-state index in [1.54, 1.807) is 18.2 Å². The second kappa shape index (κ2) is 6.58. The molecule has 1 heterocycles. The average Bonchev–Trinajstić information content (AvgIpc) is 2.65. The minimum Gasteiger partial charge on any atom is -0.506 e. The molecule has 0 saturated carbocycles. The van der Waals surface area contributed by atoms with Gasteiger partial charge in [0.15, 0.2) is 0 Å². The van der Waals surface area contributed by atoms with Crippen LogP contribution in [0.4, 0.5) is 11.4 Å². The van der Waals surface area contributed by atoms with E-state index in [0.29, 0.717) is 10.7 Å². The standard InChI is InChI=1S/C21H15ClN2O2/c22-20-16(14-7-6-13-8-11-19(26)24-17(13)12-14)9-10-18(25)21(20)23-15-4-2-1-3-5-15/h1-12,23,25H,(H,24,26). The maximum atomic E-state index is 11.6. The zero-order chi connectivity index (χ0) is 18.1. The SMILES string of the molecule is O=c1ccc2ccc(-c3ccc(O)c(Nc4ccccc4)c3Cl)cc2[nH]1. The minimum atomic E-state index is -0.155. The molecule has 128 valence electrons. The lowest BCUT2D eigenvalue weighted by Gasteiger charge is -2.14. The molecule has 0 atom stereocenters. The Bertz CT molecular complexity index is 1150. The second-order valence-electron chi connectivity index (χ2n) is 5.94.